The monoisotopic (exact) mass is 347 g/mol. The molecule has 26 heavy (non-hydrogen) atoms. The largest absolute Gasteiger partial charge is 0.503 e. The first-order chi connectivity index (χ1) is 12.5. The molecule has 2 N–H and O–H groups in total. The molecule has 130 valence electrons. The Bertz CT molecular complexity index is 940. The minimum absolute atomic E-state index is 0.0840. The van der Waals surface area contributed by atoms with Crippen molar-refractivity contribution in [3.05, 3.63) is 71.0 Å². The average molecular weight is 347 g/mol. The Morgan fingerprint density at radius 3 is 2.58 bits per heavy atom. The van der Waals surface area contributed by atoms with Gasteiger partial charge in [0.15, 0.2) is 5.76 Å². The molecule has 0 radical (unpaired) electrons. The molecule has 0 saturated heterocycles. The van der Waals surface area contributed by atoms with E-state index < -0.39 is 17.6 Å². The van der Waals surface area contributed by atoms with E-state index in [0.717, 1.165) is 16.7 Å². The molecular formula is C20H17N3O3. The standard InChI is InChI=1S/C20H17N3O3/c1-23-12-17(18(24)20(23)26)19(25)22-11-14-3-2-4-16(9-14)15-7-5-13(10-21)6-8-15/h2-9,24H,11-12H2,1H3,(H,22,25). The number of hydrogen-bond donors (Lipinski definition) is 2. The van der Waals surface area contributed by atoms with Crippen LogP contribution in [0.15, 0.2) is 59.9 Å². The van der Waals surface area contributed by atoms with Gasteiger partial charge in [-0.1, -0.05) is 30.3 Å². The number of nitrogens with zero attached hydrogens (tertiary/aromatic N) is 2. The molecule has 2 aromatic rings. The maximum atomic E-state index is 12.2. The Labute approximate surface area is 151 Å². The fraction of sp³-hybridized carbons (Fsp3) is 0.150. The number of aliphatic hydroxyl groups excluding tert-OH is 1. The van der Waals surface area contributed by atoms with Gasteiger partial charge in [-0.2, -0.15) is 5.26 Å². The topological polar surface area (TPSA) is 93.4 Å². The van der Waals surface area contributed by atoms with Crippen LogP contribution in [0.1, 0.15) is 11.1 Å². The number of benzene rings is 2. The SMILES string of the molecule is CN1CC(C(=O)NCc2cccc(-c3ccc(C#N)cc3)c2)=C(O)C1=O. The van der Waals surface area contributed by atoms with Gasteiger partial charge in [-0.15, -0.1) is 0 Å². The first-order valence-corrected chi connectivity index (χ1v) is 8.05. The highest BCUT2D eigenvalue weighted by atomic mass is 16.3. The maximum Gasteiger partial charge on any atom is 0.289 e. The summed E-state index contributed by atoms with van der Waals surface area (Å²) in [6, 6.07) is 17.0. The van der Waals surface area contributed by atoms with E-state index in [9.17, 15) is 14.7 Å². The smallest absolute Gasteiger partial charge is 0.289 e. The van der Waals surface area contributed by atoms with Gasteiger partial charge in [0.05, 0.1) is 23.8 Å². The second kappa shape index (κ2) is 7.11. The van der Waals surface area contributed by atoms with Crippen LogP contribution < -0.4 is 5.32 Å². The highest BCUT2D eigenvalue weighted by Crippen LogP contribution is 2.21. The summed E-state index contributed by atoms with van der Waals surface area (Å²) in [6.07, 6.45) is 0. The minimum Gasteiger partial charge on any atom is -0.503 e. The molecule has 1 heterocycles. The number of carbonyl (C=O) groups is 2. The Hall–Kier alpha value is -3.59. The van der Waals surface area contributed by atoms with Crippen molar-refractivity contribution in [3.8, 4) is 17.2 Å². The number of hydrogen-bond acceptors (Lipinski definition) is 4. The molecule has 1 aliphatic heterocycles. The third-order valence-corrected chi connectivity index (χ3v) is 4.23. The average Bonchev–Trinajstić information content (AvgIpc) is 2.94. The van der Waals surface area contributed by atoms with Crippen molar-refractivity contribution in [1.29, 1.82) is 5.26 Å². The van der Waals surface area contributed by atoms with Gasteiger partial charge in [-0.25, -0.2) is 0 Å². The molecule has 2 amide bonds. The molecule has 3 rings (SSSR count). The number of nitrogens with one attached hydrogen (secondary N) is 1. The molecule has 0 spiro atoms. The van der Waals surface area contributed by atoms with Gasteiger partial charge in [-0.3, -0.25) is 9.59 Å². The van der Waals surface area contributed by atoms with Gasteiger partial charge >= 0.3 is 0 Å². The van der Waals surface area contributed by atoms with E-state index in [-0.39, 0.29) is 18.7 Å². The van der Waals surface area contributed by atoms with E-state index in [4.69, 9.17) is 5.26 Å². The van der Waals surface area contributed by atoms with Crippen LogP contribution in [0.2, 0.25) is 0 Å². The molecule has 2 aromatic carbocycles. The summed E-state index contributed by atoms with van der Waals surface area (Å²) < 4.78 is 0. The van der Waals surface area contributed by atoms with Crippen LogP contribution in [0, 0.1) is 11.3 Å². The molecule has 0 aromatic heterocycles. The van der Waals surface area contributed by atoms with Crippen LogP contribution in [-0.2, 0) is 16.1 Å². The molecule has 6 nitrogen and oxygen atoms in total. The van der Waals surface area contributed by atoms with Crippen molar-refractivity contribution in [3.63, 3.8) is 0 Å². The number of likely N-dealkylation sites (N-methyl/N-ethyl adjacent to an activating group) is 1. The third-order valence-electron chi connectivity index (χ3n) is 4.23. The fourth-order valence-electron chi connectivity index (χ4n) is 2.76. The van der Waals surface area contributed by atoms with Gasteiger partial charge in [0.1, 0.15) is 0 Å². The first kappa shape index (κ1) is 17.2. The van der Waals surface area contributed by atoms with E-state index >= 15 is 0 Å². The third kappa shape index (κ3) is 3.42. The van der Waals surface area contributed by atoms with Gasteiger partial charge < -0.3 is 15.3 Å². The van der Waals surface area contributed by atoms with Crippen LogP contribution in [0.3, 0.4) is 0 Å². The summed E-state index contributed by atoms with van der Waals surface area (Å²) >= 11 is 0. The van der Waals surface area contributed by atoms with Crippen LogP contribution >= 0.6 is 0 Å². The van der Waals surface area contributed by atoms with Crippen molar-refractivity contribution in [2.75, 3.05) is 13.6 Å². The number of amides is 2. The lowest BCUT2D eigenvalue weighted by Crippen LogP contribution is -2.27. The van der Waals surface area contributed by atoms with Gasteiger partial charge in [0, 0.05) is 13.6 Å². The summed E-state index contributed by atoms with van der Waals surface area (Å²) in [4.78, 5) is 25.1. The normalized spacial score (nSPS) is 13.7. The van der Waals surface area contributed by atoms with Crippen LogP contribution in [0.4, 0.5) is 0 Å². The van der Waals surface area contributed by atoms with Gasteiger partial charge in [-0.05, 0) is 34.9 Å². The quantitative estimate of drug-likeness (QED) is 0.886. The number of aliphatic hydroxyl groups is 1. The van der Waals surface area contributed by atoms with Crippen molar-refractivity contribution < 1.29 is 14.7 Å². The van der Waals surface area contributed by atoms with E-state index in [1.807, 2.05) is 36.4 Å². The second-order valence-corrected chi connectivity index (χ2v) is 6.06. The molecular weight excluding hydrogens is 330 g/mol. The summed E-state index contributed by atoms with van der Waals surface area (Å²) in [5, 5.41) is 21.3. The van der Waals surface area contributed by atoms with Crippen LogP contribution in [-0.4, -0.2) is 35.4 Å². The van der Waals surface area contributed by atoms with Crippen molar-refractivity contribution >= 4 is 11.8 Å². The predicted octanol–water partition coefficient (Wildman–Crippen LogP) is 2.13. The lowest BCUT2D eigenvalue weighted by molar-refractivity contribution is -0.126. The van der Waals surface area contributed by atoms with Gasteiger partial charge in [0.2, 0.25) is 0 Å². The Morgan fingerprint density at radius 1 is 1.23 bits per heavy atom. The van der Waals surface area contributed by atoms with Crippen molar-refractivity contribution in [2.24, 2.45) is 0 Å². The van der Waals surface area contributed by atoms with E-state index in [0.29, 0.717) is 5.56 Å². The fourth-order valence-corrected chi connectivity index (χ4v) is 2.76. The van der Waals surface area contributed by atoms with Crippen LogP contribution in [0.25, 0.3) is 11.1 Å². The molecule has 0 atom stereocenters. The molecule has 6 heteroatoms. The molecule has 1 aliphatic rings. The molecule has 0 unspecified atom stereocenters. The molecule has 0 aliphatic carbocycles. The number of rotatable bonds is 4. The molecule has 0 bridgehead atoms. The van der Waals surface area contributed by atoms with E-state index in [1.165, 1.54) is 11.9 Å². The van der Waals surface area contributed by atoms with E-state index in [2.05, 4.69) is 11.4 Å². The highest BCUT2D eigenvalue weighted by molar-refractivity contribution is 6.06. The zero-order valence-corrected chi connectivity index (χ0v) is 14.2. The maximum absolute atomic E-state index is 12.2. The van der Waals surface area contributed by atoms with Gasteiger partial charge in [0.25, 0.3) is 11.8 Å². The van der Waals surface area contributed by atoms with E-state index in [1.54, 1.807) is 12.1 Å². The lowest BCUT2D eigenvalue weighted by atomic mass is 10.0. The zero-order chi connectivity index (χ0) is 18.7. The number of nitriles is 1. The molecule has 0 fully saturated rings. The lowest BCUT2D eigenvalue weighted by Gasteiger charge is -2.09. The summed E-state index contributed by atoms with van der Waals surface area (Å²) in [7, 11) is 1.53. The van der Waals surface area contributed by atoms with Crippen LogP contribution in [0.5, 0.6) is 0 Å². The Morgan fingerprint density at radius 2 is 1.96 bits per heavy atom. The Kier molecular flexibility index (Phi) is 4.72. The Balaban J connectivity index is 1.70. The van der Waals surface area contributed by atoms with Crippen molar-refractivity contribution in [1.82, 2.24) is 10.2 Å². The first-order valence-electron chi connectivity index (χ1n) is 8.05. The molecule has 0 saturated carbocycles. The highest BCUT2D eigenvalue weighted by Gasteiger charge is 2.31. The minimum atomic E-state index is -0.544. The number of carbonyl (C=O) groups excluding carboxylic acids is 2. The van der Waals surface area contributed by atoms with Crippen molar-refractivity contribution in [2.45, 2.75) is 6.54 Å². The second-order valence-electron chi connectivity index (χ2n) is 6.06. The predicted molar refractivity (Wildman–Crippen MR) is 95.7 cm³/mol. The summed E-state index contributed by atoms with van der Waals surface area (Å²) in [6.45, 7) is 0.374. The summed E-state index contributed by atoms with van der Waals surface area (Å²) in [5.74, 6) is -1.49. The zero-order valence-electron chi connectivity index (χ0n) is 14.2. The summed E-state index contributed by atoms with van der Waals surface area (Å²) in [5.41, 5.74) is 3.51.